The van der Waals surface area contributed by atoms with Gasteiger partial charge in [0.2, 0.25) is 5.95 Å². The molecule has 4 aromatic carbocycles. The van der Waals surface area contributed by atoms with E-state index in [0.29, 0.717) is 40.8 Å². The second kappa shape index (κ2) is 18.0. The molecule has 0 fully saturated rings. The molecule has 0 saturated heterocycles. The molecule has 0 aliphatic heterocycles. The van der Waals surface area contributed by atoms with Crippen LogP contribution in [-0.2, 0) is 54.3 Å². The molecule has 8 aromatic rings. The van der Waals surface area contributed by atoms with Gasteiger partial charge in [-0.25, -0.2) is 15.0 Å². The van der Waals surface area contributed by atoms with Gasteiger partial charge in [0.1, 0.15) is 12.7 Å². The Labute approximate surface area is 362 Å². The summed E-state index contributed by atoms with van der Waals surface area (Å²) in [5, 5.41) is 1.87. The average Bonchev–Trinajstić information content (AvgIpc) is 3.47. The molecule has 0 bridgehead atoms. The third kappa shape index (κ3) is 9.57. The Morgan fingerprint density at radius 2 is 1.02 bits per heavy atom. The van der Waals surface area contributed by atoms with E-state index in [9.17, 15) is 0 Å². The Kier molecular flexibility index (Phi) is 13.2. The number of pyridine rings is 2. The Balaban J connectivity index is 0.00000275. The van der Waals surface area contributed by atoms with Crippen LogP contribution in [0.25, 0.3) is 50.3 Å². The largest absolute Gasteiger partial charge is 2.00 e. The normalized spacial score (nSPS) is 11.2. The third-order valence-corrected chi connectivity index (χ3v) is 9.13. The van der Waals surface area contributed by atoms with Crippen molar-refractivity contribution in [3.05, 3.63) is 144 Å². The summed E-state index contributed by atoms with van der Waals surface area (Å²) in [5.74, 6) is 3.59. The first-order chi connectivity index (χ1) is 26.6. The molecular formula is C47H40N6O2PdPt. The Hall–Kier alpha value is -5.06. The molecule has 0 amide bonds. The first-order valence-electron chi connectivity index (χ1n) is 18.5. The molecule has 0 unspecified atom stereocenters. The number of benzene rings is 4. The number of aromatic nitrogens is 6. The van der Waals surface area contributed by atoms with E-state index < -0.39 is 0 Å². The van der Waals surface area contributed by atoms with Crippen molar-refractivity contribution >= 4 is 21.8 Å². The number of rotatable bonds is 11. The van der Waals surface area contributed by atoms with Gasteiger partial charge >= 0.3 is 41.5 Å². The van der Waals surface area contributed by atoms with Crippen molar-refractivity contribution < 1.29 is 51.0 Å². The maximum atomic E-state index is 6.53. The smallest absolute Gasteiger partial charge is 0.503 e. The number of nitrogens with zero attached hydrogens (tertiary/aromatic N) is 6. The standard InChI is InChI=1S/C47H40N6O2.Pd.Pt/c1-29(2)15-33-19-35(43-17-31(5)11-13-49-43)23-39(21-33)54-37-7-9-41-42-10-8-38(26-46(42)53(45(41)25-37)47-51-27-48-28-52-47)55-40-22-34(16-30(3)4)20-36(24-40)44-18-32(6)12-14-50-44;;/h7-14,17-22,27-30H,15-16H2,1-6H3;;/q-4;2*+2. The minimum Gasteiger partial charge on any atom is -0.503 e. The second-order valence-electron chi connectivity index (χ2n) is 14.8. The number of fused-ring (bicyclic) bond motifs is 3. The molecule has 0 saturated carbocycles. The predicted octanol–water partition coefficient (Wildman–Crippen LogP) is 10.9. The fourth-order valence-corrected chi connectivity index (χ4v) is 6.86. The van der Waals surface area contributed by atoms with Gasteiger partial charge in [-0.2, -0.15) is 22.9 Å². The fraction of sp³-hybridized carbons (Fsp3) is 0.213. The van der Waals surface area contributed by atoms with E-state index in [1.165, 1.54) is 12.7 Å². The van der Waals surface area contributed by atoms with Crippen LogP contribution in [0.4, 0.5) is 0 Å². The van der Waals surface area contributed by atoms with E-state index in [-0.39, 0.29) is 41.5 Å². The van der Waals surface area contributed by atoms with Gasteiger partial charge < -0.3 is 24.0 Å². The van der Waals surface area contributed by atoms with E-state index in [1.807, 2.05) is 65.5 Å². The van der Waals surface area contributed by atoms with Crippen molar-refractivity contribution in [3.8, 4) is 51.5 Å². The van der Waals surface area contributed by atoms with Crippen molar-refractivity contribution in [2.24, 2.45) is 11.8 Å². The SMILES string of the molecule is Cc1ccnc(-c2[c-]c(Oc3[c-]c4c(cc3)c3ccc(Oc5[c-]c(-c6cc(C)ccn6)cc(CC(C)C)c5)[c-]c3n4-c3ncncn3)cc(CC(C)C)c2)c1.[Pd+2].[Pt+2]. The maximum absolute atomic E-state index is 6.53. The number of ether oxygens (including phenoxy) is 2. The summed E-state index contributed by atoms with van der Waals surface area (Å²) in [6, 6.07) is 38.4. The van der Waals surface area contributed by atoms with Crippen molar-refractivity contribution in [2.45, 2.75) is 54.4 Å². The summed E-state index contributed by atoms with van der Waals surface area (Å²) >= 11 is 0. The summed E-state index contributed by atoms with van der Waals surface area (Å²) < 4.78 is 15.0. The number of hydrogen-bond donors (Lipinski definition) is 0. The van der Waals surface area contributed by atoms with Gasteiger partial charge in [0.15, 0.2) is 0 Å². The molecule has 0 aliphatic rings. The van der Waals surface area contributed by atoms with E-state index in [1.54, 1.807) is 0 Å². The van der Waals surface area contributed by atoms with Crippen molar-refractivity contribution in [1.82, 2.24) is 29.5 Å². The van der Waals surface area contributed by atoms with Crippen LogP contribution in [0.3, 0.4) is 0 Å². The molecule has 0 aliphatic carbocycles. The van der Waals surface area contributed by atoms with Crippen LogP contribution in [0.15, 0.2) is 97.8 Å². The Bertz CT molecular complexity index is 2500. The monoisotopic (exact) mass is 1020 g/mol. The van der Waals surface area contributed by atoms with Gasteiger partial charge in [-0.3, -0.25) is 0 Å². The second-order valence-corrected chi connectivity index (χ2v) is 14.8. The van der Waals surface area contributed by atoms with E-state index >= 15 is 0 Å². The molecule has 8 nitrogen and oxygen atoms in total. The molecule has 0 spiro atoms. The van der Waals surface area contributed by atoms with E-state index in [0.717, 1.165) is 79.4 Å². The number of aryl methyl sites for hydroxylation is 2. The quantitative estimate of drug-likeness (QED) is 0.0942. The zero-order valence-corrected chi connectivity index (χ0v) is 36.3. The van der Waals surface area contributed by atoms with Crippen LogP contribution in [0.5, 0.6) is 23.0 Å². The van der Waals surface area contributed by atoms with Crippen molar-refractivity contribution in [3.63, 3.8) is 0 Å². The van der Waals surface area contributed by atoms with Crippen LogP contribution in [0.1, 0.15) is 49.9 Å². The minimum atomic E-state index is 0. The summed E-state index contributed by atoms with van der Waals surface area (Å²) in [5.41, 5.74) is 9.49. The van der Waals surface area contributed by atoms with Gasteiger partial charge in [-0.15, -0.1) is 58.7 Å². The van der Waals surface area contributed by atoms with Crippen LogP contribution < -0.4 is 9.47 Å². The molecule has 8 rings (SSSR count). The summed E-state index contributed by atoms with van der Waals surface area (Å²) in [4.78, 5) is 22.4. The van der Waals surface area contributed by atoms with Gasteiger partial charge in [0, 0.05) is 35.4 Å². The molecular weight excluding hydrogens is 982 g/mol. The van der Waals surface area contributed by atoms with E-state index in [2.05, 4.69) is 115 Å². The van der Waals surface area contributed by atoms with Crippen LogP contribution in [0, 0.1) is 49.9 Å². The van der Waals surface area contributed by atoms with Gasteiger partial charge in [0.25, 0.3) is 0 Å². The van der Waals surface area contributed by atoms with Crippen LogP contribution >= 0.6 is 0 Å². The Morgan fingerprint density at radius 3 is 1.44 bits per heavy atom. The fourth-order valence-electron chi connectivity index (χ4n) is 6.86. The molecule has 0 atom stereocenters. The maximum Gasteiger partial charge on any atom is 2.00 e. The third-order valence-electron chi connectivity index (χ3n) is 9.13. The van der Waals surface area contributed by atoms with Gasteiger partial charge in [-0.1, -0.05) is 86.3 Å². The topological polar surface area (TPSA) is 87.8 Å². The molecule has 0 N–H and O–H groups in total. The molecule has 4 aromatic heterocycles. The first kappa shape index (κ1) is 41.6. The summed E-state index contributed by atoms with van der Waals surface area (Å²) in [7, 11) is 0. The Morgan fingerprint density at radius 1 is 0.561 bits per heavy atom. The van der Waals surface area contributed by atoms with Gasteiger partial charge in [0.05, 0.1) is 0 Å². The molecule has 0 radical (unpaired) electrons. The minimum absolute atomic E-state index is 0. The van der Waals surface area contributed by atoms with Crippen molar-refractivity contribution in [2.75, 3.05) is 0 Å². The average molecular weight is 1020 g/mol. The molecule has 4 heterocycles. The predicted molar refractivity (Wildman–Crippen MR) is 216 cm³/mol. The van der Waals surface area contributed by atoms with Crippen molar-refractivity contribution in [1.29, 1.82) is 0 Å². The van der Waals surface area contributed by atoms with Crippen LogP contribution in [0.2, 0.25) is 0 Å². The first-order valence-corrected chi connectivity index (χ1v) is 18.5. The zero-order valence-electron chi connectivity index (χ0n) is 32.4. The number of hydrogen-bond acceptors (Lipinski definition) is 7. The van der Waals surface area contributed by atoms with E-state index in [4.69, 9.17) is 9.47 Å². The summed E-state index contributed by atoms with van der Waals surface area (Å²) in [6.07, 6.45) is 8.39. The zero-order chi connectivity index (χ0) is 38.1. The molecule has 290 valence electrons. The summed E-state index contributed by atoms with van der Waals surface area (Å²) in [6.45, 7) is 13.0. The molecule has 10 heteroatoms. The van der Waals surface area contributed by atoms with Crippen LogP contribution in [-0.4, -0.2) is 29.5 Å². The van der Waals surface area contributed by atoms with Gasteiger partial charge in [-0.05, 0) is 62.0 Å². The molecule has 57 heavy (non-hydrogen) atoms.